The molecule has 1 saturated heterocycles. The van der Waals surface area contributed by atoms with Crippen LogP contribution in [0.1, 0.15) is 51.3 Å². The van der Waals surface area contributed by atoms with Crippen LogP contribution in [0, 0.1) is 5.92 Å². The molecular formula is C27H37N3O4Si. The average Bonchev–Trinajstić information content (AvgIpc) is 3.24. The fraction of sp³-hybridized carbons (Fsp3) is 0.519. The highest BCUT2D eigenvalue weighted by Crippen LogP contribution is 2.39. The van der Waals surface area contributed by atoms with E-state index >= 15 is 0 Å². The number of aryl methyl sites for hydroxylation is 1. The maximum absolute atomic E-state index is 11.2. The number of fused-ring (bicyclic) bond motifs is 1. The van der Waals surface area contributed by atoms with Crippen LogP contribution in [0.5, 0.6) is 0 Å². The lowest BCUT2D eigenvalue weighted by atomic mass is 9.91. The monoisotopic (exact) mass is 495 g/mol. The molecule has 4 rings (SSSR count). The first-order chi connectivity index (χ1) is 16.6. The lowest BCUT2D eigenvalue weighted by Crippen LogP contribution is -2.40. The fourth-order valence-corrected chi connectivity index (χ4v) is 5.39. The highest BCUT2D eigenvalue weighted by Gasteiger charge is 2.37. The van der Waals surface area contributed by atoms with Gasteiger partial charge in [-0.15, -0.1) is 0 Å². The van der Waals surface area contributed by atoms with Gasteiger partial charge in [0.15, 0.2) is 13.9 Å². The van der Waals surface area contributed by atoms with Crippen LogP contribution in [0.3, 0.4) is 0 Å². The van der Waals surface area contributed by atoms with Crippen molar-refractivity contribution in [3.05, 3.63) is 47.9 Å². The zero-order valence-corrected chi connectivity index (χ0v) is 22.5. The maximum atomic E-state index is 11.2. The third kappa shape index (κ3) is 5.59. The van der Waals surface area contributed by atoms with Crippen molar-refractivity contribution in [2.75, 3.05) is 13.1 Å². The second kappa shape index (κ2) is 10.1. The number of benzene rings is 1. The van der Waals surface area contributed by atoms with Gasteiger partial charge in [0, 0.05) is 42.0 Å². The normalized spacial score (nSPS) is 15.6. The van der Waals surface area contributed by atoms with Gasteiger partial charge in [0.05, 0.1) is 12.3 Å². The molecule has 3 aromatic rings. The third-order valence-corrected chi connectivity index (χ3v) is 12.3. The minimum Gasteiger partial charge on any atom is -0.465 e. The molecule has 1 fully saturated rings. The molecule has 2 aromatic heterocycles. The number of amides is 1. The third-order valence-electron chi connectivity index (χ3n) is 7.85. The number of likely N-dealkylation sites (tertiary alicyclic amines) is 1. The van der Waals surface area contributed by atoms with Crippen LogP contribution in [0.2, 0.25) is 18.1 Å². The Morgan fingerprint density at radius 3 is 2.60 bits per heavy atom. The molecular weight excluding hydrogens is 458 g/mol. The summed E-state index contributed by atoms with van der Waals surface area (Å²) in [5, 5.41) is 14.8. The van der Waals surface area contributed by atoms with E-state index in [1.807, 2.05) is 12.3 Å². The Balaban J connectivity index is 1.59. The Bertz CT molecular complexity index is 1160. The number of carbonyl (C=O) groups is 1. The Morgan fingerprint density at radius 2 is 1.97 bits per heavy atom. The minimum atomic E-state index is -1.97. The second-order valence-electron chi connectivity index (χ2n) is 11.1. The van der Waals surface area contributed by atoms with Crippen molar-refractivity contribution in [3.8, 4) is 11.1 Å². The molecule has 1 aliphatic heterocycles. The zero-order valence-electron chi connectivity index (χ0n) is 21.5. The number of piperidine rings is 1. The van der Waals surface area contributed by atoms with Crippen molar-refractivity contribution in [3.63, 3.8) is 0 Å². The molecule has 0 unspecified atom stereocenters. The summed E-state index contributed by atoms with van der Waals surface area (Å²) >= 11 is 0. The number of hydrogen-bond donors (Lipinski definition) is 1. The largest absolute Gasteiger partial charge is 0.465 e. The predicted molar refractivity (Wildman–Crippen MR) is 140 cm³/mol. The number of aromatic nitrogens is 2. The van der Waals surface area contributed by atoms with Crippen molar-refractivity contribution in [2.24, 2.45) is 5.92 Å². The number of pyridine rings is 1. The first-order valence-corrected chi connectivity index (χ1v) is 15.4. The Kier molecular flexibility index (Phi) is 7.33. The second-order valence-corrected chi connectivity index (χ2v) is 15.9. The summed E-state index contributed by atoms with van der Waals surface area (Å²) in [4.78, 5) is 17.0. The summed E-state index contributed by atoms with van der Waals surface area (Å²) in [6, 6.07) is 8.24. The molecule has 1 N–H and O–H groups in total. The van der Waals surface area contributed by atoms with E-state index < -0.39 is 14.4 Å². The predicted octanol–water partition coefficient (Wildman–Crippen LogP) is 6.73. The summed E-state index contributed by atoms with van der Waals surface area (Å²) in [5.41, 5.74) is 4.88. The molecule has 0 atom stereocenters. The van der Waals surface area contributed by atoms with Crippen molar-refractivity contribution in [1.29, 1.82) is 0 Å². The molecule has 0 spiro atoms. The van der Waals surface area contributed by atoms with Crippen LogP contribution in [0.4, 0.5) is 4.79 Å². The average molecular weight is 496 g/mol. The lowest BCUT2D eigenvalue weighted by molar-refractivity contribution is 0.123. The SMILES string of the molecule is CC(C)(C)[Si](C)(C)OCc1c(-c2cccnc2)ccc2c(CCC3CCN(C(=O)O)CC3)noc12. The number of rotatable bonds is 7. The van der Waals surface area contributed by atoms with Crippen molar-refractivity contribution < 1.29 is 18.9 Å². The molecule has 0 bridgehead atoms. The smallest absolute Gasteiger partial charge is 0.407 e. The summed E-state index contributed by atoms with van der Waals surface area (Å²) in [6.07, 6.45) is 6.44. The van der Waals surface area contributed by atoms with Gasteiger partial charge < -0.3 is 19.0 Å². The molecule has 0 saturated carbocycles. The van der Waals surface area contributed by atoms with Gasteiger partial charge in [-0.3, -0.25) is 4.98 Å². The molecule has 188 valence electrons. The van der Waals surface area contributed by atoms with Gasteiger partial charge in [-0.2, -0.15) is 0 Å². The van der Waals surface area contributed by atoms with E-state index in [1.165, 1.54) is 4.90 Å². The van der Waals surface area contributed by atoms with Gasteiger partial charge in [-0.05, 0) is 67.4 Å². The topological polar surface area (TPSA) is 88.7 Å². The Labute approximate surface area is 208 Å². The molecule has 0 aliphatic carbocycles. The van der Waals surface area contributed by atoms with Gasteiger partial charge in [-0.1, -0.05) is 38.1 Å². The van der Waals surface area contributed by atoms with E-state index in [9.17, 15) is 9.90 Å². The van der Waals surface area contributed by atoms with Crippen molar-refractivity contribution in [1.82, 2.24) is 15.0 Å². The van der Waals surface area contributed by atoms with E-state index in [4.69, 9.17) is 8.95 Å². The van der Waals surface area contributed by atoms with Crippen molar-refractivity contribution in [2.45, 2.75) is 71.2 Å². The van der Waals surface area contributed by atoms with E-state index in [0.29, 0.717) is 25.6 Å². The Morgan fingerprint density at radius 1 is 1.23 bits per heavy atom. The lowest BCUT2D eigenvalue weighted by Gasteiger charge is -2.36. The van der Waals surface area contributed by atoms with Crippen LogP contribution < -0.4 is 0 Å². The van der Waals surface area contributed by atoms with E-state index in [1.54, 1.807) is 6.20 Å². The number of nitrogens with zero attached hydrogens (tertiary/aromatic N) is 3. The fourth-order valence-electron chi connectivity index (χ4n) is 4.45. The molecule has 8 heteroatoms. The first kappa shape index (κ1) is 25.4. The van der Waals surface area contributed by atoms with E-state index in [0.717, 1.165) is 59.0 Å². The van der Waals surface area contributed by atoms with Crippen LogP contribution in [-0.2, 0) is 17.5 Å². The summed E-state index contributed by atoms with van der Waals surface area (Å²) in [5.74, 6) is 0.508. The summed E-state index contributed by atoms with van der Waals surface area (Å²) in [6.45, 7) is 13.0. The van der Waals surface area contributed by atoms with Crippen LogP contribution >= 0.6 is 0 Å². The van der Waals surface area contributed by atoms with Crippen LogP contribution in [0.15, 0.2) is 41.2 Å². The summed E-state index contributed by atoms with van der Waals surface area (Å²) in [7, 11) is -1.97. The quantitative estimate of drug-likeness (QED) is 0.365. The molecule has 1 aliphatic rings. The molecule has 1 amide bonds. The first-order valence-electron chi connectivity index (χ1n) is 12.5. The van der Waals surface area contributed by atoms with Gasteiger partial charge in [0.1, 0.15) is 0 Å². The van der Waals surface area contributed by atoms with E-state index in [2.05, 4.69) is 62.2 Å². The molecule has 1 aromatic carbocycles. The molecule has 35 heavy (non-hydrogen) atoms. The minimum absolute atomic E-state index is 0.109. The Hall–Kier alpha value is -2.71. The van der Waals surface area contributed by atoms with Gasteiger partial charge in [0.25, 0.3) is 0 Å². The number of carboxylic acid groups (broad SMARTS) is 1. The standard InChI is InChI=1S/C27H37N3O4Si/c1-27(2,3)35(4,5)33-18-23-21(20-7-6-14-28-17-20)9-10-22-24(29-34-25(22)23)11-8-19-12-15-30(16-13-19)26(31)32/h6-7,9-10,14,17,19H,8,11-13,15-16,18H2,1-5H3,(H,31,32). The highest BCUT2D eigenvalue weighted by atomic mass is 28.4. The molecule has 7 nitrogen and oxygen atoms in total. The summed E-state index contributed by atoms with van der Waals surface area (Å²) < 4.78 is 12.6. The zero-order chi connectivity index (χ0) is 25.2. The van der Waals surface area contributed by atoms with Crippen LogP contribution in [-0.4, -0.2) is 47.6 Å². The highest BCUT2D eigenvalue weighted by molar-refractivity contribution is 6.74. The molecule has 0 radical (unpaired) electrons. The van der Waals surface area contributed by atoms with E-state index in [-0.39, 0.29) is 5.04 Å². The van der Waals surface area contributed by atoms with Gasteiger partial charge in [-0.25, -0.2) is 4.79 Å². The van der Waals surface area contributed by atoms with Crippen molar-refractivity contribution >= 4 is 25.4 Å². The van der Waals surface area contributed by atoms with Gasteiger partial charge in [0.2, 0.25) is 0 Å². The number of hydrogen-bond acceptors (Lipinski definition) is 5. The van der Waals surface area contributed by atoms with Crippen LogP contribution in [0.25, 0.3) is 22.1 Å². The maximum Gasteiger partial charge on any atom is 0.407 e. The van der Waals surface area contributed by atoms with Gasteiger partial charge >= 0.3 is 6.09 Å². The molecule has 3 heterocycles.